The van der Waals surface area contributed by atoms with Crippen molar-refractivity contribution in [2.45, 2.75) is 13.3 Å². The topological polar surface area (TPSA) is 56.0 Å². The highest BCUT2D eigenvalue weighted by molar-refractivity contribution is 7.13. The maximum atomic E-state index is 13.1. The molecule has 17 heavy (non-hydrogen) atoms. The van der Waals surface area contributed by atoms with E-state index in [4.69, 9.17) is 5.73 Å². The number of nitrogens with two attached hydrogens (primary N) is 1. The Morgan fingerprint density at radius 3 is 2.94 bits per heavy atom. The summed E-state index contributed by atoms with van der Waals surface area (Å²) >= 11 is 1.29. The van der Waals surface area contributed by atoms with E-state index in [2.05, 4.69) is 4.98 Å². The summed E-state index contributed by atoms with van der Waals surface area (Å²) < 4.78 is 13.1. The highest BCUT2D eigenvalue weighted by Crippen LogP contribution is 2.16. The van der Waals surface area contributed by atoms with Crippen LogP contribution in [0, 0.1) is 12.7 Å². The molecule has 0 aliphatic heterocycles. The number of halogens is 1. The standard InChI is InChI=1S/C12H11FN2OS/c1-7-2-3-8(13)4-10(7)11(16)5-9-6-17-12(14)15-9/h2-4,6H,5H2,1H3,(H2,14,15). The number of aromatic nitrogens is 1. The maximum Gasteiger partial charge on any atom is 0.180 e. The minimum Gasteiger partial charge on any atom is -0.375 e. The first-order chi connectivity index (χ1) is 8.06. The van der Waals surface area contributed by atoms with E-state index < -0.39 is 5.82 Å². The summed E-state index contributed by atoms with van der Waals surface area (Å²) in [5.74, 6) is -0.552. The van der Waals surface area contributed by atoms with Crippen LogP contribution in [-0.2, 0) is 6.42 Å². The van der Waals surface area contributed by atoms with Gasteiger partial charge in [0.2, 0.25) is 0 Å². The third-order valence-corrected chi connectivity index (χ3v) is 3.13. The maximum absolute atomic E-state index is 13.1. The molecule has 0 saturated heterocycles. The number of Topliss-reactive ketones (excluding diaryl/α,β-unsaturated/α-hetero) is 1. The SMILES string of the molecule is Cc1ccc(F)cc1C(=O)Cc1csc(N)n1. The Balaban J connectivity index is 2.22. The highest BCUT2D eigenvalue weighted by atomic mass is 32.1. The Morgan fingerprint density at radius 2 is 2.29 bits per heavy atom. The Labute approximate surface area is 102 Å². The molecule has 5 heteroatoms. The summed E-state index contributed by atoms with van der Waals surface area (Å²) in [4.78, 5) is 16.0. The fraction of sp³-hybridized carbons (Fsp3) is 0.167. The van der Waals surface area contributed by atoms with Gasteiger partial charge in [0.05, 0.1) is 12.1 Å². The zero-order valence-corrected chi connectivity index (χ0v) is 10.1. The van der Waals surface area contributed by atoms with Gasteiger partial charge in [-0.3, -0.25) is 4.79 Å². The van der Waals surface area contributed by atoms with Gasteiger partial charge in [-0.25, -0.2) is 9.37 Å². The van der Waals surface area contributed by atoms with Crippen LogP contribution in [0.25, 0.3) is 0 Å². The summed E-state index contributed by atoms with van der Waals surface area (Å²) in [6.07, 6.45) is 0.151. The van der Waals surface area contributed by atoms with Crippen molar-refractivity contribution in [2.75, 3.05) is 5.73 Å². The molecule has 0 saturated carbocycles. The first-order valence-electron chi connectivity index (χ1n) is 5.05. The van der Waals surface area contributed by atoms with Crippen LogP contribution >= 0.6 is 11.3 Å². The number of nitrogen functional groups attached to an aromatic ring is 1. The summed E-state index contributed by atoms with van der Waals surface area (Å²) in [5, 5.41) is 2.17. The van der Waals surface area contributed by atoms with E-state index in [0.717, 1.165) is 5.56 Å². The zero-order chi connectivity index (χ0) is 12.4. The van der Waals surface area contributed by atoms with Crippen LogP contribution in [0.4, 0.5) is 9.52 Å². The zero-order valence-electron chi connectivity index (χ0n) is 9.24. The van der Waals surface area contributed by atoms with E-state index in [-0.39, 0.29) is 12.2 Å². The largest absolute Gasteiger partial charge is 0.375 e. The molecule has 2 rings (SSSR count). The van der Waals surface area contributed by atoms with E-state index in [0.29, 0.717) is 16.4 Å². The number of benzene rings is 1. The second-order valence-electron chi connectivity index (χ2n) is 3.74. The minimum absolute atomic E-state index is 0.146. The lowest BCUT2D eigenvalue weighted by atomic mass is 10.0. The van der Waals surface area contributed by atoms with Crippen LogP contribution < -0.4 is 5.73 Å². The third-order valence-electron chi connectivity index (χ3n) is 2.41. The smallest absolute Gasteiger partial charge is 0.180 e. The fourth-order valence-electron chi connectivity index (χ4n) is 1.56. The van der Waals surface area contributed by atoms with Crippen molar-refractivity contribution >= 4 is 22.3 Å². The van der Waals surface area contributed by atoms with Crippen LogP contribution in [0.5, 0.6) is 0 Å². The predicted octanol–water partition coefficient (Wildman–Crippen LogP) is 2.60. The average Bonchev–Trinajstić information content (AvgIpc) is 2.67. The van der Waals surface area contributed by atoms with Crippen molar-refractivity contribution in [1.29, 1.82) is 0 Å². The van der Waals surface area contributed by atoms with Crippen LogP contribution in [0.1, 0.15) is 21.6 Å². The molecule has 0 amide bonds. The molecule has 3 nitrogen and oxygen atoms in total. The second kappa shape index (κ2) is 4.63. The normalized spacial score (nSPS) is 10.5. The molecular formula is C12H11FN2OS. The lowest BCUT2D eigenvalue weighted by Crippen LogP contribution is -2.06. The van der Waals surface area contributed by atoms with Gasteiger partial charge < -0.3 is 5.73 Å². The molecule has 0 atom stereocenters. The number of aryl methyl sites for hydroxylation is 1. The van der Waals surface area contributed by atoms with Crippen LogP contribution in [-0.4, -0.2) is 10.8 Å². The molecule has 1 aromatic carbocycles. The van der Waals surface area contributed by atoms with Crippen molar-refractivity contribution < 1.29 is 9.18 Å². The monoisotopic (exact) mass is 250 g/mol. The van der Waals surface area contributed by atoms with Gasteiger partial charge in [0.25, 0.3) is 0 Å². The third kappa shape index (κ3) is 2.68. The van der Waals surface area contributed by atoms with Crippen molar-refractivity contribution in [3.05, 3.63) is 46.2 Å². The molecule has 0 bridgehead atoms. The summed E-state index contributed by atoms with van der Waals surface area (Å²) in [6, 6.07) is 4.19. The summed E-state index contributed by atoms with van der Waals surface area (Å²) in [5.41, 5.74) is 7.27. The quantitative estimate of drug-likeness (QED) is 0.852. The van der Waals surface area contributed by atoms with Gasteiger partial charge in [0, 0.05) is 10.9 Å². The molecule has 1 heterocycles. The number of nitrogens with zero attached hydrogens (tertiary/aromatic N) is 1. The highest BCUT2D eigenvalue weighted by Gasteiger charge is 2.12. The molecule has 1 aromatic heterocycles. The van der Waals surface area contributed by atoms with Crippen LogP contribution in [0.2, 0.25) is 0 Å². The summed E-state index contributed by atoms with van der Waals surface area (Å²) in [6.45, 7) is 1.78. The van der Waals surface area contributed by atoms with Crippen molar-refractivity contribution in [1.82, 2.24) is 4.98 Å². The van der Waals surface area contributed by atoms with E-state index in [1.807, 2.05) is 0 Å². The van der Waals surface area contributed by atoms with E-state index in [1.54, 1.807) is 18.4 Å². The lowest BCUT2D eigenvalue weighted by Gasteiger charge is -2.03. The minimum atomic E-state index is -0.406. The average molecular weight is 250 g/mol. The predicted molar refractivity (Wildman–Crippen MR) is 65.7 cm³/mol. The number of anilines is 1. The first kappa shape index (κ1) is 11.7. The molecule has 0 radical (unpaired) electrons. The number of hydrogen-bond acceptors (Lipinski definition) is 4. The van der Waals surface area contributed by atoms with Gasteiger partial charge in [-0.1, -0.05) is 6.07 Å². The van der Waals surface area contributed by atoms with E-state index >= 15 is 0 Å². The van der Waals surface area contributed by atoms with E-state index in [1.165, 1.54) is 23.5 Å². The fourth-order valence-corrected chi connectivity index (χ4v) is 2.12. The van der Waals surface area contributed by atoms with Gasteiger partial charge in [-0.05, 0) is 24.6 Å². The van der Waals surface area contributed by atoms with Gasteiger partial charge >= 0.3 is 0 Å². The number of rotatable bonds is 3. The molecule has 0 fully saturated rings. The molecule has 88 valence electrons. The first-order valence-corrected chi connectivity index (χ1v) is 5.93. The molecule has 0 aliphatic carbocycles. The van der Waals surface area contributed by atoms with Crippen LogP contribution in [0.15, 0.2) is 23.6 Å². The molecule has 0 unspecified atom stereocenters. The molecular weight excluding hydrogens is 239 g/mol. The molecule has 0 aliphatic rings. The number of hydrogen-bond donors (Lipinski definition) is 1. The number of ketones is 1. The van der Waals surface area contributed by atoms with E-state index in [9.17, 15) is 9.18 Å². The van der Waals surface area contributed by atoms with Crippen LogP contribution in [0.3, 0.4) is 0 Å². The Bertz CT molecular complexity index is 565. The Kier molecular flexibility index (Phi) is 3.19. The molecule has 2 aromatic rings. The van der Waals surface area contributed by atoms with Gasteiger partial charge in [-0.15, -0.1) is 11.3 Å². The van der Waals surface area contributed by atoms with Crippen molar-refractivity contribution in [2.24, 2.45) is 0 Å². The van der Waals surface area contributed by atoms with Gasteiger partial charge in [0.15, 0.2) is 10.9 Å². The van der Waals surface area contributed by atoms with Gasteiger partial charge in [0.1, 0.15) is 5.82 Å². The summed E-state index contributed by atoms with van der Waals surface area (Å²) in [7, 11) is 0. The number of carbonyl (C=O) groups excluding carboxylic acids is 1. The molecule has 0 spiro atoms. The van der Waals surface area contributed by atoms with Crippen molar-refractivity contribution in [3.63, 3.8) is 0 Å². The number of thiazole rings is 1. The van der Waals surface area contributed by atoms with Gasteiger partial charge in [-0.2, -0.15) is 0 Å². The lowest BCUT2D eigenvalue weighted by molar-refractivity contribution is 0.0991. The second-order valence-corrected chi connectivity index (χ2v) is 4.63. The van der Waals surface area contributed by atoms with Crippen molar-refractivity contribution in [3.8, 4) is 0 Å². The Hall–Kier alpha value is -1.75. The number of carbonyl (C=O) groups is 1. The Morgan fingerprint density at radius 1 is 1.53 bits per heavy atom. The molecule has 2 N–H and O–H groups in total.